The highest BCUT2D eigenvalue weighted by molar-refractivity contribution is 7.07. The molecule has 144 valence electrons. The first-order valence-electron chi connectivity index (χ1n) is 8.82. The van der Waals surface area contributed by atoms with Crippen LogP contribution in [0.1, 0.15) is 37.0 Å². The molecule has 29 heavy (non-hydrogen) atoms. The molecule has 0 N–H and O–H groups in total. The molecule has 0 fully saturated rings. The number of hydrogen-bond acceptors (Lipinski definition) is 7. The van der Waals surface area contributed by atoms with E-state index in [4.69, 9.17) is 4.74 Å². The molecule has 2 aromatic heterocycles. The average Bonchev–Trinajstić information content (AvgIpc) is 3.32. The van der Waals surface area contributed by atoms with E-state index in [1.165, 1.54) is 4.68 Å². The summed E-state index contributed by atoms with van der Waals surface area (Å²) in [5, 5.41) is 8.32. The third kappa shape index (κ3) is 3.57. The Morgan fingerprint density at radius 2 is 1.59 bits per heavy atom. The smallest absolute Gasteiger partial charge is 0.358 e. The molecule has 0 atom stereocenters. The monoisotopic (exact) mass is 404 g/mol. The fourth-order valence-corrected chi connectivity index (χ4v) is 3.43. The van der Waals surface area contributed by atoms with Crippen LogP contribution in [0.2, 0.25) is 0 Å². The van der Waals surface area contributed by atoms with Crippen LogP contribution in [0.4, 0.5) is 0 Å². The summed E-state index contributed by atoms with van der Waals surface area (Å²) in [6.07, 6.45) is 0. The maximum Gasteiger partial charge on any atom is 0.358 e. The Hall–Kier alpha value is -3.65. The second-order valence-electron chi connectivity index (χ2n) is 6.29. The van der Waals surface area contributed by atoms with Gasteiger partial charge in [-0.15, -0.1) is 5.10 Å². The maximum absolute atomic E-state index is 13.2. The van der Waals surface area contributed by atoms with E-state index in [-0.39, 0.29) is 22.1 Å². The van der Waals surface area contributed by atoms with Gasteiger partial charge in [0.25, 0.3) is 0 Å². The van der Waals surface area contributed by atoms with Crippen molar-refractivity contribution in [2.75, 3.05) is 0 Å². The Morgan fingerprint density at radius 3 is 2.21 bits per heavy atom. The third-order valence-corrected chi connectivity index (χ3v) is 5.12. The molecule has 0 amide bonds. The highest BCUT2D eigenvalue weighted by Gasteiger charge is 2.28. The van der Waals surface area contributed by atoms with Gasteiger partial charge in [-0.25, -0.2) is 4.79 Å². The van der Waals surface area contributed by atoms with Crippen LogP contribution in [0.25, 0.3) is 5.69 Å². The van der Waals surface area contributed by atoms with Gasteiger partial charge in [0.15, 0.2) is 10.7 Å². The molecule has 4 rings (SSSR count). The fourth-order valence-electron chi connectivity index (χ4n) is 2.89. The molecule has 0 spiro atoms. The zero-order valence-electron chi connectivity index (χ0n) is 15.7. The normalized spacial score (nSPS) is 10.7. The SMILES string of the molecule is Cc1nnsc1C(=O)Oc1c(C(=O)c2ccccc2)c(C)nn1-c1ccccc1. The molecule has 2 heterocycles. The van der Waals surface area contributed by atoms with Crippen molar-refractivity contribution >= 4 is 23.3 Å². The van der Waals surface area contributed by atoms with Gasteiger partial charge in [0.1, 0.15) is 5.56 Å². The van der Waals surface area contributed by atoms with Crippen LogP contribution in [0.5, 0.6) is 5.88 Å². The van der Waals surface area contributed by atoms with Gasteiger partial charge in [0.05, 0.1) is 17.1 Å². The van der Waals surface area contributed by atoms with Gasteiger partial charge in [-0.3, -0.25) is 4.79 Å². The van der Waals surface area contributed by atoms with Crippen LogP contribution in [0.3, 0.4) is 0 Å². The van der Waals surface area contributed by atoms with Crippen molar-refractivity contribution in [3.8, 4) is 11.6 Å². The number of hydrogen-bond donors (Lipinski definition) is 0. The summed E-state index contributed by atoms with van der Waals surface area (Å²) in [5.41, 5.74) is 2.33. The van der Waals surface area contributed by atoms with Crippen LogP contribution in [-0.4, -0.2) is 31.1 Å². The predicted octanol–water partition coefficient (Wildman–Crippen LogP) is 3.79. The molecule has 7 nitrogen and oxygen atoms in total. The van der Waals surface area contributed by atoms with E-state index in [1.807, 2.05) is 36.4 Å². The predicted molar refractivity (Wildman–Crippen MR) is 108 cm³/mol. The van der Waals surface area contributed by atoms with Crippen LogP contribution in [-0.2, 0) is 0 Å². The van der Waals surface area contributed by atoms with E-state index < -0.39 is 5.97 Å². The summed E-state index contributed by atoms with van der Waals surface area (Å²) in [6, 6.07) is 18.0. The number of ether oxygens (including phenoxy) is 1. The quantitative estimate of drug-likeness (QED) is 0.372. The van der Waals surface area contributed by atoms with Crippen LogP contribution >= 0.6 is 11.5 Å². The van der Waals surface area contributed by atoms with Crippen molar-refractivity contribution in [2.24, 2.45) is 0 Å². The van der Waals surface area contributed by atoms with Gasteiger partial charge in [0.2, 0.25) is 5.88 Å². The molecule has 0 bridgehead atoms. The van der Waals surface area contributed by atoms with Gasteiger partial charge >= 0.3 is 5.97 Å². The molecule has 8 heteroatoms. The van der Waals surface area contributed by atoms with Gasteiger partial charge in [-0.2, -0.15) is 9.78 Å². The zero-order valence-corrected chi connectivity index (χ0v) is 16.5. The molecule has 0 aliphatic rings. The number of esters is 1. The highest BCUT2D eigenvalue weighted by Crippen LogP contribution is 2.29. The minimum absolute atomic E-state index is 0.0698. The van der Waals surface area contributed by atoms with Crippen molar-refractivity contribution in [3.63, 3.8) is 0 Å². The summed E-state index contributed by atoms with van der Waals surface area (Å²) >= 11 is 0.946. The number of nitrogens with zero attached hydrogens (tertiary/aromatic N) is 4. The average molecular weight is 404 g/mol. The number of aromatic nitrogens is 4. The highest BCUT2D eigenvalue weighted by atomic mass is 32.1. The van der Waals surface area contributed by atoms with Crippen molar-refractivity contribution < 1.29 is 14.3 Å². The van der Waals surface area contributed by atoms with E-state index in [1.54, 1.807) is 38.1 Å². The molecule has 0 aliphatic heterocycles. The van der Waals surface area contributed by atoms with E-state index >= 15 is 0 Å². The summed E-state index contributed by atoms with van der Waals surface area (Å²) in [5.74, 6) is -0.829. The summed E-state index contributed by atoms with van der Waals surface area (Å²) in [7, 11) is 0. The topological polar surface area (TPSA) is 87.0 Å². The van der Waals surface area contributed by atoms with Crippen molar-refractivity contribution in [1.29, 1.82) is 0 Å². The zero-order chi connectivity index (χ0) is 20.4. The second kappa shape index (κ2) is 7.76. The first-order valence-corrected chi connectivity index (χ1v) is 9.59. The molecule has 4 aromatic rings. The Kier molecular flexibility index (Phi) is 5.01. The van der Waals surface area contributed by atoms with E-state index in [0.717, 1.165) is 11.5 Å². The summed E-state index contributed by atoms with van der Waals surface area (Å²) < 4.78 is 10.9. The molecule has 0 saturated heterocycles. The molecule has 2 aromatic carbocycles. The first-order chi connectivity index (χ1) is 14.1. The largest absolute Gasteiger partial charge is 0.402 e. The fraction of sp³-hybridized carbons (Fsp3) is 0.0952. The van der Waals surface area contributed by atoms with Crippen molar-refractivity contribution in [3.05, 3.63) is 88.1 Å². The number of benzene rings is 2. The van der Waals surface area contributed by atoms with E-state index in [9.17, 15) is 9.59 Å². The Labute approximate surface area is 170 Å². The van der Waals surface area contributed by atoms with Gasteiger partial charge in [0, 0.05) is 5.56 Å². The lowest BCUT2D eigenvalue weighted by Gasteiger charge is -2.09. The number of para-hydroxylation sites is 1. The van der Waals surface area contributed by atoms with Crippen molar-refractivity contribution in [1.82, 2.24) is 19.4 Å². The molecule has 0 radical (unpaired) electrons. The third-order valence-electron chi connectivity index (χ3n) is 4.31. The minimum Gasteiger partial charge on any atom is -0.402 e. The standard InChI is InChI=1S/C21H16N4O3S/c1-13-17(18(26)15-9-5-3-6-10-15)20(25(23-13)16-11-7-4-8-12-16)28-21(27)19-14(2)22-24-29-19/h3-12H,1-2H3. The molecular weight excluding hydrogens is 388 g/mol. The Balaban J connectivity index is 1.85. The van der Waals surface area contributed by atoms with Gasteiger partial charge in [-0.1, -0.05) is 53.0 Å². The second-order valence-corrected chi connectivity index (χ2v) is 7.04. The van der Waals surface area contributed by atoms with Gasteiger partial charge < -0.3 is 4.74 Å². The number of rotatable bonds is 5. The van der Waals surface area contributed by atoms with Crippen molar-refractivity contribution in [2.45, 2.75) is 13.8 Å². The number of ketones is 1. The lowest BCUT2D eigenvalue weighted by Crippen LogP contribution is -2.14. The summed E-state index contributed by atoms with van der Waals surface area (Å²) in [4.78, 5) is 26.2. The maximum atomic E-state index is 13.2. The van der Waals surface area contributed by atoms with Crippen LogP contribution in [0, 0.1) is 13.8 Å². The summed E-state index contributed by atoms with van der Waals surface area (Å²) in [6.45, 7) is 3.39. The van der Waals surface area contributed by atoms with E-state index in [0.29, 0.717) is 22.6 Å². The molecule has 0 saturated carbocycles. The minimum atomic E-state index is -0.628. The Bertz CT molecular complexity index is 1180. The number of carbonyl (C=O) groups is 2. The number of aryl methyl sites for hydroxylation is 2. The lowest BCUT2D eigenvalue weighted by atomic mass is 10.0. The Morgan fingerprint density at radius 1 is 0.931 bits per heavy atom. The number of carbonyl (C=O) groups excluding carboxylic acids is 2. The molecule has 0 unspecified atom stereocenters. The lowest BCUT2D eigenvalue weighted by molar-refractivity contribution is 0.0725. The van der Waals surface area contributed by atoms with E-state index in [2.05, 4.69) is 14.7 Å². The molecular formula is C21H16N4O3S. The molecule has 0 aliphatic carbocycles. The van der Waals surface area contributed by atoms with Gasteiger partial charge in [-0.05, 0) is 37.5 Å². The van der Waals surface area contributed by atoms with Crippen LogP contribution < -0.4 is 4.74 Å². The van der Waals surface area contributed by atoms with Crippen LogP contribution in [0.15, 0.2) is 60.7 Å². The first kappa shape index (κ1) is 18.7.